The molecule has 3 aromatic rings. The van der Waals surface area contributed by atoms with E-state index in [-0.39, 0.29) is 17.6 Å². The van der Waals surface area contributed by atoms with Gasteiger partial charge in [-0.1, -0.05) is 0 Å². The van der Waals surface area contributed by atoms with Crippen molar-refractivity contribution in [1.82, 2.24) is 4.98 Å². The molecule has 0 saturated carbocycles. The van der Waals surface area contributed by atoms with Crippen LogP contribution in [-0.4, -0.2) is 24.1 Å². The number of oxazole rings is 1. The molecule has 1 fully saturated rings. The number of carbonyl (C=O) groups is 1. The number of hydrogen-bond acceptors (Lipinski definition) is 4. The second-order valence-electron chi connectivity index (χ2n) is 5.76. The minimum absolute atomic E-state index is 0.0300. The van der Waals surface area contributed by atoms with E-state index in [1.54, 1.807) is 18.2 Å². The fraction of sp³-hybridized carbons (Fsp3) is 0.222. The summed E-state index contributed by atoms with van der Waals surface area (Å²) in [7, 11) is 0. The molecule has 1 aliphatic heterocycles. The molecule has 5 nitrogen and oxygen atoms in total. The third-order valence-corrected chi connectivity index (χ3v) is 4.05. The van der Waals surface area contributed by atoms with Crippen LogP contribution in [0.2, 0.25) is 0 Å². The molecule has 0 aliphatic carbocycles. The lowest BCUT2D eigenvalue weighted by Crippen LogP contribution is -2.22. The molecule has 1 amide bonds. The van der Waals surface area contributed by atoms with Crippen molar-refractivity contribution in [1.29, 1.82) is 0 Å². The number of carbonyl (C=O) groups excluding carboxylic acids is 1. The van der Waals surface area contributed by atoms with Gasteiger partial charge in [-0.2, -0.15) is 0 Å². The molecule has 0 spiro atoms. The summed E-state index contributed by atoms with van der Waals surface area (Å²) >= 11 is 0. The van der Waals surface area contributed by atoms with E-state index in [2.05, 4.69) is 10.3 Å². The molecular weight excluding hydrogens is 311 g/mol. The molecular formula is C18H15FN2O3. The average molecular weight is 326 g/mol. The summed E-state index contributed by atoms with van der Waals surface area (Å²) in [6.07, 6.45) is 0.753. The first-order valence-electron chi connectivity index (χ1n) is 7.74. The van der Waals surface area contributed by atoms with Crippen molar-refractivity contribution in [2.24, 2.45) is 5.92 Å². The lowest BCUT2D eigenvalue weighted by molar-refractivity contribution is -0.119. The minimum Gasteiger partial charge on any atom is -0.436 e. The zero-order chi connectivity index (χ0) is 16.5. The molecule has 6 heteroatoms. The van der Waals surface area contributed by atoms with Crippen LogP contribution < -0.4 is 5.32 Å². The second-order valence-corrected chi connectivity index (χ2v) is 5.76. The van der Waals surface area contributed by atoms with Gasteiger partial charge in [0.1, 0.15) is 11.3 Å². The Kier molecular flexibility index (Phi) is 3.74. The summed E-state index contributed by atoms with van der Waals surface area (Å²) in [6, 6.07) is 11.4. The molecule has 122 valence electrons. The maximum Gasteiger partial charge on any atom is 0.229 e. The number of aromatic nitrogens is 1. The largest absolute Gasteiger partial charge is 0.436 e. The van der Waals surface area contributed by atoms with Gasteiger partial charge in [-0.15, -0.1) is 0 Å². The van der Waals surface area contributed by atoms with Gasteiger partial charge in [0.25, 0.3) is 0 Å². The third kappa shape index (κ3) is 2.88. The number of fused-ring (bicyclic) bond motifs is 1. The maximum absolute atomic E-state index is 13.2. The number of hydrogen-bond donors (Lipinski definition) is 1. The Balaban J connectivity index is 1.53. The highest BCUT2D eigenvalue weighted by atomic mass is 19.1. The Bertz CT molecular complexity index is 883. The Labute approximate surface area is 137 Å². The number of nitrogens with one attached hydrogen (secondary N) is 1. The van der Waals surface area contributed by atoms with E-state index < -0.39 is 0 Å². The Hall–Kier alpha value is -2.73. The topological polar surface area (TPSA) is 64.4 Å². The standard InChI is InChI=1S/C18H15FN2O3/c19-13-3-6-15-16(9-13)24-18(21-15)11-1-4-14(5-2-11)20-17(22)12-7-8-23-10-12/h1-6,9,12H,7-8,10H2,(H,20,22). The number of anilines is 1. The molecule has 4 rings (SSSR count). The number of ether oxygens (including phenoxy) is 1. The van der Waals surface area contributed by atoms with E-state index in [1.807, 2.05) is 12.1 Å². The summed E-state index contributed by atoms with van der Waals surface area (Å²) in [5.74, 6) is -0.0639. The predicted molar refractivity (Wildman–Crippen MR) is 87.0 cm³/mol. The highest BCUT2D eigenvalue weighted by molar-refractivity contribution is 5.93. The molecule has 1 saturated heterocycles. The van der Waals surface area contributed by atoms with Gasteiger partial charge >= 0.3 is 0 Å². The highest BCUT2D eigenvalue weighted by Crippen LogP contribution is 2.26. The van der Waals surface area contributed by atoms with Gasteiger partial charge in [0.05, 0.1) is 12.5 Å². The SMILES string of the molecule is O=C(Nc1ccc(-c2nc3ccc(F)cc3o2)cc1)C1CCOC1. The molecule has 1 N–H and O–H groups in total. The fourth-order valence-corrected chi connectivity index (χ4v) is 2.70. The van der Waals surface area contributed by atoms with Crippen molar-refractivity contribution in [3.05, 3.63) is 48.3 Å². The maximum atomic E-state index is 13.2. The number of halogens is 1. The van der Waals surface area contributed by atoms with Gasteiger partial charge < -0.3 is 14.5 Å². The van der Waals surface area contributed by atoms with Crippen LogP contribution in [0.15, 0.2) is 46.9 Å². The van der Waals surface area contributed by atoms with Crippen LogP contribution in [0, 0.1) is 11.7 Å². The Morgan fingerprint density at radius 3 is 2.79 bits per heavy atom. The van der Waals surface area contributed by atoms with Crippen LogP contribution in [0.1, 0.15) is 6.42 Å². The van der Waals surface area contributed by atoms with E-state index in [1.165, 1.54) is 12.1 Å². The monoisotopic (exact) mass is 326 g/mol. The molecule has 1 atom stereocenters. The van der Waals surface area contributed by atoms with Crippen molar-refractivity contribution in [2.45, 2.75) is 6.42 Å². The van der Waals surface area contributed by atoms with Gasteiger partial charge in [-0.25, -0.2) is 9.37 Å². The molecule has 1 unspecified atom stereocenters. The lowest BCUT2D eigenvalue weighted by atomic mass is 10.1. The fourth-order valence-electron chi connectivity index (χ4n) is 2.70. The summed E-state index contributed by atoms with van der Waals surface area (Å²) in [6.45, 7) is 1.11. The zero-order valence-electron chi connectivity index (χ0n) is 12.8. The van der Waals surface area contributed by atoms with Gasteiger partial charge in [0, 0.05) is 23.9 Å². The first-order valence-corrected chi connectivity index (χ1v) is 7.74. The van der Waals surface area contributed by atoms with Crippen molar-refractivity contribution >= 4 is 22.7 Å². The van der Waals surface area contributed by atoms with Crippen LogP contribution >= 0.6 is 0 Å². The molecule has 0 radical (unpaired) electrons. The van der Waals surface area contributed by atoms with Crippen LogP contribution in [-0.2, 0) is 9.53 Å². The van der Waals surface area contributed by atoms with Gasteiger partial charge in [-0.05, 0) is 42.8 Å². The van der Waals surface area contributed by atoms with Crippen LogP contribution in [0.5, 0.6) is 0 Å². The van der Waals surface area contributed by atoms with Crippen LogP contribution in [0.25, 0.3) is 22.6 Å². The van der Waals surface area contributed by atoms with Crippen LogP contribution in [0.4, 0.5) is 10.1 Å². The second kappa shape index (κ2) is 6.05. The van der Waals surface area contributed by atoms with Gasteiger partial charge in [0.2, 0.25) is 11.8 Å². The van der Waals surface area contributed by atoms with Gasteiger partial charge in [-0.3, -0.25) is 4.79 Å². The summed E-state index contributed by atoms with van der Waals surface area (Å²) in [5.41, 5.74) is 2.47. The quantitative estimate of drug-likeness (QED) is 0.798. The molecule has 24 heavy (non-hydrogen) atoms. The number of nitrogens with zero attached hydrogens (tertiary/aromatic N) is 1. The summed E-state index contributed by atoms with van der Waals surface area (Å²) < 4.78 is 24.0. The number of amides is 1. The van der Waals surface area contributed by atoms with Crippen molar-refractivity contribution in [3.63, 3.8) is 0 Å². The predicted octanol–water partition coefficient (Wildman–Crippen LogP) is 3.61. The van der Waals surface area contributed by atoms with E-state index in [4.69, 9.17) is 9.15 Å². The van der Waals surface area contributed by atoms with Crippen molar-refractivity contribution < 1.29 is 18.3 Å². The molecule has 0 bridgehead atoms. The lowest BCUT2D eigenvalue weighted by Gasteiger charge is -2.09. The third-order valence-electron chi connectivity index (χ3n) is 4.05. The normalized spacial score (nSPS) is 17.3. The van der Waals surface area contributed by atoms with Gasteiger partial charge in [0.15, 0.2) is 5.58 Å². The van der Waals surface area contributed by atoms with E-state index in [9.17, 15) is 9.18 Å². The smallest absolute Gasteiger partial charge is 0.229 e. The average Bonchev–Trinajstić information content (AvgIpc) is 3.24. The van der Waals surface area contributed by atoms with E-state index in [0.29, 0.717) is 35.9 Å². The molecule has 1 aromatic heterocycles. The van der Waals surface area contributed by atoms with Crippen molar-refractivity contribution in [2.75, 3.05) is 18.5 Å². The highest BCUT2D eigenvalue weighted by Gasteiger charge is 2.23. The molecule has 2 heterocycles. The van der Waals surface area contributed by atoms with Crippen molar-refractivity contribution in [3.8, 4) is 11.5 Å². The Morgan fingerprint density at radius 1 is 1.21 bits per heavy atom. The minimum atomic E-state index is -0.362. The zero-order valence-corrected chi connectivity index (χ0v) is 12.8. The van der Waals surface area contributed by atoms with E-state index in [0.717, 1.165) is 12.0 Å². The first kappa shape index (κ1) is 14.8. The first-order chi connectivity index (χ1) is 11.7. The molecule has 1 aliphatic rings. The number of rotatable bonds is 3. The number of benzene rings is 2. The molecule has 2 aromatic carbocycles. The van der Waals surface area contributed by atoms with E-state index >= 15 is 0 Å². The van der Waals surface area contributed by atoms with Crippen LogP contribution in [0.3, 0.4) is 0 Å². The summed E-state index contributed by atoms with van der Waals surface area (Å²) in [4.78, 5) is 16.4. The Morgan fingerprint density at radius 2 is 2.04 bits per heavy atom. The summed E-state index contributed by atoms with van der Waals surface area (Å²) in [5, 5.41) is 2.88.